The zero-order valence-corrected chi connectivity index (χ0v) is 15.1. The van der Waals surface area contributed by atoms with Gasteiger partial charge in [0.1, 0.15) is 11.9 Å². The average Bonchev–Trinajstić information content (AvgIpc) is 3.14. The topological polar surface area (TPSA) is 57.7 Å². The minimum absolute atomic E-state index is 0.317. The maximum absolute atomic E-state index is 6.37. The van der Waals surface area contributed by atoms with Crippen molar-refractivity contribution in [3.63, 3.8) is 0 Å². The van der Waals surface area contributed by atoms with Crippen molar-refractivity contribution in [1.82, 2.24) is 16.0 Å². The van der Waals surface area contributed by atoms with E-state index < -0.39 is 0 Å². The normalized spacial score (nSPS) is 21.6. The molecule has 0 aromatic heterocycles. The zero-order chi connectivity index (χ0) is 16.9. The molecular formula is C20H30N4O. The van der Waals surface area contributed by atoms with Crippen LogP contribution in [-0.4, -0.2) is 44.8 Å². The number of nitrogens with zero attached hydrogens (tertiary/aromatic N) is 1. The second kappa shape index (κ2) is 8.09. The predicted octanol–water partition coefficient (Wildman–Crippen LogP) is 1.79. The minimum Gasteiger partial charge on any atom is -0.489 e. The Hall–Kier alpha value is -1.75. The Labute approximate surface area is 150 Å². The number of aliphatic imine (C=N–C) groups is 1. The van der Waals surface area contributed by atoms with Gasteiger partial charge in [0.2, 0.25) is 0 Å². The standard InChI is InChI=1S/C20H30N4O/c1-4-15-6-7-16-8-9-17(25-19(16)18(15)5-1)14-21-10-2-11-22-20-23-12-3-13-24-20/h6-7,17,21H,1-5,8-14H2,(H2,22,23,24). The van der Waals surface area contributed by atoms with Crippen LogP contribution < -0.4 is 20.7 Å². The van der Waals surface area contributed by atoms with E-state index in [9.17, 15) is 0 Å². The molecule has 0 saturated heterocycles. The molecule has 3 N–H and O–H groups in total. The number of rotatable bonds is 6. The van der Waals surface area contributed by atoms with Gasteiger partial charge in [-0.05, 0) is 68.2 Å². The van der Waals surface area contributed by atoms with Crippen molar-refractivity contribution < 1.29 is 4.74 Å². The molecule has 1 aromatic carbocycles. The van der Waals surface area contributed by atoms with E-state index in [0.717, 1.165) is 64.4 Å². The molecule has 1 aliphatic carbocycles. The van der Waals surface area contributed by atoms with Gasteiger partial charge in [-0.2, -0.15) is 0 Å². The highest BCUT2D eigenvalue weighted by atomic mass is 16.5. The molecular weight excluding hydrogens is 312 g/mol. The molecule has 3 aliphatic rings. The highest BCUT2D eigenvalue weighted by molar-refractivity contribution is 5.80. The molecule has 1 unspecified atom stereocenters. The number of hydrogen-bond acceptors (Lipinski definition) is 5. The highest BCUT2D eigenvalue weighted by Gasteiger charge is 2.25. The van der Waals surface area contributed by atoms with Gasteiger partial charge in [0, 0.05) is 26.2 Å². The van der Waals surface area contributed by atoms with E-state index >= 15 is 0 Å². The summed E-state index contributed by atoms with van der Waals surface area (Å²) in [6, 6.07) is 4.61. The first-order valence-corrected chi connectivity index (χ1v) is 9.93. The third-order valence-corrected chi connectivity index (χ3v) is 5.42. The lowest BCUT2D eigenvalue weighted by molar-refractivity contribution is 0.169. The quantitative estimate of drug-likeness (QED) is 0.690. The van der Waals surface area contributed by atoms with Crippen molar-refractivity contribution in [3.05, 3.63) is 28.8 Å². The lowest BCUT2D eigenvalue weighted by atomic mass is 9.97. The summed E-state index contributed by atoms with van der Waals surface area (Å²) in [5.74, 6) is 2.18. The van der Waals surface area contributed by atoms with E-state index in [-0.39, 0.29) is 0 Å². The molecule has 25 heavy (non-hydrogen) atoms. The first-order valence-electron chi connectivity index (χ1n) is 9.93. The smallest absolute Gasteiger partial charge is 0.191 e. The molecule has 1 atom stereocenters. The van der Waals surface area contributed by atoms with Crippen LogP contribution in [0.25, 0.3) is 0 Å². The molecule has 5 nitrogen and oxygen atoms in total. The molecule has 136 valence electrons. The van der Waals surface area contributed by atoms with Gasteiger partial charge in [0.05, 0.1) is 0 Å². The largest absolute Gasteiger partial charge is 0.489 e. The van der Waals surface area contributed by atoms with Gasteiger partial charge in [0.25, 0.3) is 0 Å². The van der Waals surface area contributed by atoms with E-state index in [1.54, 1.807) is 0 Å². The van der Waals surface area contributed by atoms with Crippen molar-refractivity contribution in [3.8, 4) is 5.75 Å². The van der Waals surface area contributed by atoms with Crippen LogP contribution in [0.5, 0.6) is 5.75 Å². The van der Waals surface area contributed by atoms with Crippen molar-refractivity contribution in [2.45, 2.75) is 51.0 Å². The second-order valence-corrected chi connectivity index (χ2v) is 7.32. The Bertz CT molecular complexity index is 628. The van der Waals surface area contributed by atoms with Crippen LogP contribution in [0.4, 0.5) is 0 Å². The fraction of sp³-hybridized carbons (Fsp3) is 0.650. The molecule has 5 heteroatoms. The molecule has 0 fully saturated rings. The monoisotopic (exact) mass is 342 g/mol. The summed E-state index contributed by atoms with van der Waals surface area (Å²) in [5, 5.41) is 10.2. The lowest BCUT2D eigenvalue weighted by Gasteiger charge is -2.28. The van der Waals surface area contributed by atoms with Crippen LogP contribution >= 0.6 is 0 Å². The van der Waals surface area contributed by atoms with E-state index in [0.29, 0.717) is 6.10 Å². The van der Waals surface area contributed by atoms with Gasteiger partial charge in [0.15, 0.2) is 5.96 Å². The number of guanidine groups is 1. The second-order valence-electron chi connectivity index (χ2n) is 7.32. The molecule has 2 aliphatic heterocycles. The Balaban J connectivity index is 1.17. The average molecular weight is 342 g/mol. The SMILES string of the molecule is c1cc2c(c3c1CCC3)OC(CNCCCNC1=NCCCN1)CC2. The Kier molecular flexibility index (Phi) is 5.40. The van der Waals surface area contributed by atoms with Crippen molar-refractivity contribution in [1.29, 1.82) is 0 Å². The van der Waals surface area contributed by atoms with E-state index in [1.165, 1.54) is 41.7 Å². The maximum Gasteiger partial charge on any atom is 0.191 e. The molecule has 4 rings (SSSR count). The lowest BCUT2D eigenvalue weighted by Crippen LogP contribution is -2.42. The van der Waals surface area contributed by atoms with Gasteiger partial charge in [-0.25, -0.2) is 0 Å². The Morgan fingerprint density at radius 2 is 2.08 bits per heavy atom. The van der Waals surface area contributed by atoms with E-state index in [1.807, 2.05) is 0 Å². The van der Waals surface area contributed by atoms with Crippen molar-refractivity contribution >= 4 is 5.96 Å². The molecule has 0 spiro atoms. The Morgan fingerprint density at radius 1 is 1.12 bits per heavy atom. The first-order chi connectivity index (χ1) is 12.4. The van der Waals surface area contributed by atoms with Crippen LogP contribution in [0.15, 0.2) is 17.1 Å². The summed E-state index contributed by atoms with van der Waals surface area (Å²) < 4.78 is 6.37. The summed E-state index contributed by atoms with van der Waals surface area (Å²) in [6.07, 6.45) is 8.53. The van der Waals surface area contributed by atoms with Gasteiger partial charge in [-0.15, -0.1) is 0 Å². The number of fused-ring (bicyclic) bond motifs is 3. The van der Waals surface area contributed by atoms with Crippen molar-refractivity contribution in [2.75, 3.05) is 32.7 Å². The molecule has 0 saturated carbocycles. The molecule has 1 aromatic rings. The molecule has 0 bridgehead atoms. The fourth-order valence-corrected chi connectivity index (χ4v) is 4.04. The maximum atomic E-state index is 6.37. The summed E-state index contributed by atoms with van der Waals surface area (Å²) in [7, 11) is 0. The van der Waals surface area contributed by atoms with Gasteiger partial charge < -0.3 is 20.7 Å². The summed E-state index contributed by atoms with van der Waals surface area (Å²) in [6.45, 7) is 4.90. The van der Waals surface area contributed by atoms with Gasteiger partial charge >= 0.3 is 0 Å². The highest BCUT2D eigenvalue weighted by Crippen LogP contribution is 2.37. The summed E-state index contributed by atoms with van der Waals surface area (Å²) in [5.41, 5.74) is 4.42. The van der Waals surface area contributed by atoms with Gasteiger partial charge in [-0.1, -0.05) is 12.1 Å². The Morgan fingerprint density at radius 3 is 3.00 bits per heavy atom. The van der Waals surface area contributed by atoms with Crippen LogP contribution in [-0.2, 0) is 19.3 Å². The number of benzene rings is 1. The molecule has 0 radical (unpaired) electrons. The third kappa shape index (κ3) is 4.09. The minimum atomic E-state index is 0.317. The third-order valence-electron chi connectivity index (χ3n) is 5.42. The van der Waals surface area contributed by atoms with Crippen LogP contribution in [0, 0.1) is 0 Å². The fourth-order valence-electron chi connectivity index (χ4n) is 4.04. The molecule has 0 amide bonds. The van der Waals surface area contributed by atoms with Crippen LogP contribution in [0.3, 0.4) is 0 Å². The summed E-state index contributed by atoms with van der Waals surface area (Å²) >= 11 is 0. The number of ether oxygens (including phenoxy) is 1. The van der Waals surface area contributed by atoms with Crippen molar-refractivity contribution in [2.24, 2.45) is 4.99 Å². The zero-order valence-electron chi connectivity index (χ0n) is 15.1. The number of hydrogen-bond donors (Lipinski definition) is 3. The summed E-state index contributed by atoms with van der Waals surface area (Å²) in [4.78, 5) is 4.42. The van der Waals surface area contributed by atoms with Gasteiger partial charge in [-0.3, -0.25) is 4.99 Å². The number of aryl methyl sites for hydroxylation is 2. The van der Waals surface area contributed by atoms with Crippen LogP contribution in [0.1, 0.15) is 42.4 Å². The van der Waals surface area contributed by atoms with E-state index in [4.69, 9.17) is 4.74 Å². The predicted molar refractivity (Wildman–Crippen MR) is 102 cm³/mol. The molecule has 2 heterocycles. The van der Waals surface area contributed by atoms with Crippen LogP contribution in [0.2, 0.25) is 0 Å². The first kappa shape index (κ1) is 16.7. The number of nitrogens with one attached hydrogen (secondary N) is 3. The van der Waals surface area contributed by atoms with E-state index in [2.05, 4.69) is 33.1 Å².